The zero-order chi connectivity index (χ0) is 19.8. The van der Waals surface area contributed by atoms with Crippen molar-refractivity contribution in [2.45, 2.75) is 6.10 Å². The molecule has 0 fully saturated rings. The molecular weight excluding hydrogens is 376 g/mol. The third-order valence-corrected chi connectivity index (χ3v) is 3.64. The second-order valence-corrected chi connectivity index (χ2v) is 5.70. The van der Waals surface area contributed by atoms with Crippen LogP contribution in [0.4, 0.5) is 0 Å². The first kappa shape index (κ1) is 20.2. The molecule has 0 saturated heterocycles. The highest BCUT2D eigenvalue weighted by molar-refractivity contribution is 6.31. The third kappa shape index (κ3) is 5.70. The molecule has 3 N–H and O–H groups in total. The van der Waals surface area contributed by atoms with Crippen LogP contribution in [0.2, 0.25) is 5.02 Å². The van der Waals surface area contributed by atoms with Gasteiger partial charge in [-0.3, -0.25) is 20.4 Å². The van der Waals surface area contributed by atoms with E-state index in [9.17, 15) is 19.5 Å². The van der Waals surface area contributed by atoms with Crippen LogP contribution in [0.3, 0.4) is 0 Å². The number of rotatable bonds is 6. The van der Waals surface area contributed by atoms with Crippen LogP contribution in [0.5, 0.6) is 5.75 Å². The second kappa shape index (κ2) is 9.56. The van der Waals surface area contributed by atoms with Crippen LogP contribution in [-0.2, 0) is 14.3 Å². The summed E-state index contributed by atoms with van der Waals surface area (Å²) in [5, 5.41) is 10.2. The van der Waals surface area contributed by atoms with Crippen molar-refractivity contribution in [3.8, 4) is 5.75 Å². The molecule has 2 amide bonds. The number of benzene rings is 2. The first-order valence-electron chi connectivity index (χ1n) is 7.74. The van der Waals surface area contributed by atoms with Crippen molar-refractivity contribution in [1.82, 2.24) is 10.9 Å². The van der Waals surface area contributed by atoms with Gasteiger partial charge in [0.15, 0.2) is 12.7 Å². The van der Waals surface area contributed by atoms with Gasteiger partial charge in [-0.1, -0.05) is 41.9 Å². The fourth-order valence-electron chi connectivity index (χ4n) is 2.07. The molecule has 0 heterocycles. The monoisotopic (exact) mass is 392 g/mol. The largest absolute Gasteiger partial charge is 0.496 e. The average Bonchev–Trinajstić information content (AvgIpc) is 2.70. The molecule has 0 unspecified atom stereocenters. The van der Waals surface area contributed by atoms with E-state index in [-0.39, 0.29) is 11.3 Å². The van der Waals surface area contributed by atoms with Crippen molar-refractivity contribution < 1.29 is 29.0 Å². The van der Waals surface area contributed by atoms with E-state index in [4.69, 9.17) is 21.1 Å². The van der Waals surface area contributed by atoms with Crippen LogP contribution in [0, 0.1) is 0 Å². The average molecular weight is 393 g/mol. The Hall–Kier alpha value is -3.10. The van der Waals surface area contributed by atoms with Gasteiger partial charge in [-0.25, -0.2) is 4.79 Å². The molecule has 0 radical (unpaired) electrons. The highest BCUT2D eigenvalue weighted by Gasteiger charge is 2.20. The Morgan fingerprint density at radius 3 is 2.48 bits per heavy atom. The number of ether oxygens (including phenoxy) is 2. The Bertz CT molecular complexity index is 828. The normalized spacial score (nSPS) is 11.2. The van der Waals surface area contributed by atoms with Gasteiger partial charge >= 0.3 is 5.97 Å². The number of nitrogens with one attached hydrogen (secondary N) is 2. The third-order valence-electron chi connectivity index (χ3n) is 3.41. The van der Waals surface area contributed by atoms with Crippen molar-refractivity contribution in [2.24, 2.45) is 0 Å². The van der Waals surface area contributed by atoms with Crippen LogP contribution >= 0.6 is 11.6 Å². The predicted molar refractivity (Wildman–Crippen MR) is 96.0 cm³/mol. The van der Waals surface area contributed by atoms with Crippen LogP contribution in [0.15, 0.2) is 48.5 Å². The van der Waals surface area contributed by atoms with E-state index < -0.39 is 30.5 Å². The number of hydrogen-bond acceptors (Lipinski definition) is 6. The van der Waals surface area contributed by atoms with E-state index in [1.54, 1.807) is 36.4 Å². The molecule has 0 aliphatic rings. The topological polar surface area (TPSA) is 114 Å². The minimum atomic E-state index is -1.51. The lowest BCUT2D eigenvalue weighted by molar-refractivity contribution is -0.157. The lowest BCUT2D eigenvalue weighted by Gasteiger charge is -2.12. The van der Waals surface area contributed by atoms with Gasteiger partial charge in [0.05, 0.1) is 12.7 Å². The number of carbonyl (C=O) groups excluding carboxylic acids is 3. The summed E-state index contributed by atoms with van der Waals surface area (Å²) < 4.78 is 9.77. The summed E-state index contributed by atoms with van der Waals surface area (Å²) in [5.41, 5.74) is 4.69. The molecule has 27 heavy (non-hydrogen) atoms. The predicted octanol–water partition coefficient (Wildman–Crippen LogP) is 1.39. The first-order valence-corrected chi connectivity index (χ1v) is 8.12. The number of hydrazine groups is 1. The number of methoxy groups -OCH3 is 1. The summed E-state index contributed by atoms with van der Waals surface area (Å²) in [5.74, 6) is -2.18. The number of halogens is 1. The lowest BCUT2D eigenvalue weighted by atomic mass is 10.1. The minimum absolute atomic E-state index is 0.113. The Kier molecular flexibility index (Phi) is 7.16. The molecule has 0 bridgehead atoms. The van der Waals surface area contributed by atoms with Gasteiger partial charge in [0.25, 0.3) is 11.8 Å². The number of carbonyl (C=O) groups is 3. The molecule has 142 valence electrons. The van der Waals surface area contributed by atoms with Crippen LogP contribution in [0.25, 0.3) is 0 Å². The summed E-state index contributed by atoms with van der Waals surface area (Å²) in [4.78, 5) is 35.6. The molecule has 2 aromatic rings. The second-order valence-electron chi connectivity index (χ2n) is 5.27. The molecule has 9 heteroatoms. The highest BCUT2D eigenvalue weighted by Crippen LogP contribution is 2.22. The maximum Gasteiger partial charge on any atom is 0.340 e. The van der Waals surface area contributed by atoms with Gasteiger partial charge in [0, 0.05) is 5.02 Å². The number of esters is 1. The van der Waals surface area contributed by atoms with Crippen molar-refractivity contribution in [3.05, 3.63) is 64.7 Å². The Morgan fingerprint density at radius 1 is 1.11 bits per heavy atom. The zero-order valence-corrected chi connectivity index (χ0v) is 15.0. The van der Waals surface area contributed by atoms with Gasteiger partial charge < -0.3 is 14.6 Å². The van der Waals surface area contributed by atoms with Gasteiger partial charge in [-0.2, -0.15) is 0 Å². The molecule has 2 aromatic carbocycles. The molecule has 0 aliphatic heterocycles. The van der Waals surface area contributed by atoms with Gasteiger partial charge in [0.2, 0.25) is 0 Å². The molecule has 2 rings (SSSR count). The van der Waals surface area contributed by atoms with E-state index in [0.29, 0.717) is 10.6 Å². The minimum Gasteiger partial charge on any atom is -0.496 e. The highest BCUT2D eigenvalue weighted by atomic mass is 35.5. The summed E-state index contributed by atoms with van der Waals surface area (Å²) >= 11 is 5.84. The zero-order valence-electron chi connectivity index (χ0n) is 14.3. The van der Waals surface area contributed by atoms with Crippen molar-refractivity contribution in [2.75, 3.05) is 13.7 Å². The van der Waals surface area contributed by atoms with E-state index in [0.717, 1.165) is 0 Å². The van der Waals surface area contributed by atoms with Crippen molar-refractivity contribution >= 4 is 29.4 Å². The van der Waals surface area contributed by atoms with Crippen molar-refractivity contribution in [3.63, 3.8) is 0 Å². The maximum atomic E-state index is 12.1. The van der Waals surface area contributed by atoms with Crippen LogP contribution in [-0.4, -0.2) is 36.6 Å². The molecular formula is C18H17ClN2O6. The van der Waals surface area contributed by atoms with E-state index in [1.165, 1.54) is 19.2 Å². The van der Waals surface area contributed by atoms with E-state index >= 15 is 0 Å². The van der Waals surface area contributed by atoms with Gasteiger partial charge in [0.1, 0.15) is 5.75 Å². The first-order chi connectivity index (χ1) is 12.9. The number of hydrogen-bond donors (Lipinski definition) is 3. The number of amides is 2. The van der Waals surface area contributed by atoms with Gasteiger partial charge in [-0.05, 0) is 23.8 Å². The van der Waals surface area contributed by atoms with Crippen molar-refractivity contribution in [1.29, 1.82) is 0 Å². The Labute approximate surface area is 160 Å². The summed E-state index contributed by atoms with van der Waals surface area (Å²) in [6.07, 6.45) is -1.51. The van der Waals surface area contributed by atoms with Crippen LogP contribution in [0.1, 0.15) is 22.0 Å². The Morgan fingerprint density at radius 2 is 1.81 bits per heavy atom. The molecule has 1 atom stereocenters. The van der Waals surface area contributed by atoms with Gasteiger partial charge in [-0.15, -0.1) is 0 Å². The fraction of sp³-hybridized carbons (Fsp3) is 0.167. The molecule has 0 spiro atoms. The number of aliphatic hydroxyl groups is 1. The van der Waals surface area contributed by atoms with E-state index in [1.807, 2.05) is 0 Å². The molecule has 0 saturated carbocycles. The molecule has 0 aliphatic carbocycles. The summed E-state index contributed by atoms with van der Waals surface area (Å²) in [6.45, 7) is -0.685. The standard InChI is InChI=1S/C18H17ClN2O6/c1-26-14-8-7-12(19)9-13(14)17(24)21-20-15(22)10-27-18(25)16(23)11-5-3-2-4-6-11/h2-9,16,23H,10H2,1H3,(H,20,22)(H,21,24)/t16-/m0/s1. The number of aliphatic hydroxyl groups excluding tert-OH is 1. The lowest BCUT2D eigenvalue weighted by Crippen LogP contribution is -2.43. The summed E-state index contributed by atoms with van der Waals surface area (Å²) in [7, 11) is 1.39. The maximum absolute atomic E-state index is 12.1. The SMILES string of the molecule is COc1ccc(Cl)cc1C(=O)NNC(=O)COC(=O)[C@@H](O)c1ccccc1. The summed E-state index contributed by atoms with van der Waals surface area (Å²) in [6, 6.07) is 12.6. The fourth-order valence-corrected chi connectivity index (χ4v) is 2.25. The van der Waals surface area contributed by atoms with Crippen LogP contribution < -0.4 is 15.6 Å². The smallest absolute Gasteiger partial charge is 0.340 e. The van der Waals surface area contributed by atoms with E-state index in [2.05, 4.69) is 10.9 Å². The Balaban J connectivity index is 1.83. The molecule has 8 nitrogen and oxygen atoms in total. The molecule has 0 aromatic heterocycles. The quantitative estimate of drug-likeness (QED) is 0.505.